The van der Waals surface area contributed by atoms with Crippen molar-refractivity contribution < 1.29 is 9.90 Å². The molecule has 196 valence electrons. The Morgan fingerprint density at radius 3 is 2.65 bits per heavy atom. The van der Waals surface area contributed by atoms with Gasteiger partial charge in [-0.1, -0.05) is 12.1 Å². The first-order valence-corrected chi connectivity index (χ1v) is 12.6. The van der Waals surface area contributed by atoms with Gasteiger partial charge in [0.2, 0.25) is 5.95 Å². The van der Waals surface area contributed by atoms with Gasteiger partial charge in [0.25, 0.3) is 0 Å². The third-order valence-corrected chi connectivity index (χ3v) is 6.49. The number of nitrogens with one attached hydrogen (secondary N) is 2. The molecule has 0 aliphatic carbocycles. The Hall–Kier alpha value is -3.60. The van der Waals surface area contributed by atoms with Crippen LogP contribution >= 0.6 is 0 Å². The number of hydrogen-bond acceptors (Lipinski definition) is 9. The van der Waals surface area contributed by atoms with Gasteiger partial charge in [0.1, 0.15) is 5.82 Å². The summed E-state index contributed by atoms with van der Waals surface area (Å²) >= 11 is 0. The number of carboxylic acid groups (broad SMARTS) is 1. The molecule has 10 nitrogen and oxygen atoms in total. The molecule has 2 aromatic heterocycles. The Labute approximate surface area is 217 Å². The maximum atomic E-state index is 11.2. The standard InChI is InChI=1S/C27H36N8O2/c1-27(2)19-34(11-12-35(27)18-25(36)37)17-20-5-3-6-23(13-20)33-24-14-21(7-10-29-24)22-15-31-26(32-16-22)30-9-4-8-28/h3,5-7,10,13-16H,4,8-9,11-12,17-19,28H2,1-2H3,(H,29,33)(H,36,37)(H,30,31,32). The van der Waals surface area contributed by atoms with Crippen molar-refractivity contribution in [3.63, 3.8) is 0 Å². The van der Waals surface area contributed by atoms with Crippen LogP contribution in [0.4, 0.5) is 17.5 Å². The van der Waals surface area contributed by atoms with Crippen molar-refractivity contribution in [2.24, 2.45) is 5.73 Å². The number of carboxylic acids is 1. The van der Waals surface area contributed by atoms with Crippen molar-refractivity contribution in [3.8, 4) is 11.1 Å². The van der Waals surface area contributed by atoms with Gasteiger partial charge >= 0.3 is 5.97 Å². The summed E-state index contributed by atoms with van der Waals surface area (Å²) in [4.78, 5) is 28.9. The van der Waals surface area contributed by atoms with Crippen molar-refractivity contribution in [3.05, 3.63) is 60.6 Å². The first-order valence-electron chi connectivity index (χ1n) is 12.6. The number of nitrogens with zero attached hydrogens (tertiary/aromatic N) is 5. The Morgan fingerprint density at radius 1 is 1.11 bits per heavy atom. The molecule has 4 rings (SSSR count). The Bertz CT molecular complexity index is 1190. The first kappa shape index (κ1) is 26.5. The van der Waals surface area contributed by atoms with Gasteiger partial charge in [-0.05, 0) is 62.2 Å². The monoisotopic (exact) mass is 504 g/mol. The number of nitrogens with two attached hydrogens (primary N) is 1. The van der Waals surface area contributed by atoms with E-state index in [1.165, 1.54) is 5.56 Å². The highest BCUT2D eigenvalue weighted by Crippen LogP contribution is 2.25. The van der Waals surface area contributed by atoms with Crippen LogP contribution in [0.25, 0.3) is 11.1 Å². The zero-order valence-corrected chi connectivity index (χ0v) is 21.5. The molecule has 0 unspecified atom stereocenters. The summed E-state index contributed by atoms with van der Waals surface area (Å²) in [7, 11) is 0. The van der Waals surface area contributed by atoms with E-state index in [9.17, 15) is 9.90 Å². The highest BCUT2D eigenvalue weighted by molar-refractivity contribution is 5.69. The highest BCUT2D eigenvalue weighted by Gasteiger charge is 2.34. The quantitative estimate of drug-likeness (QED) is 0.289. The summed E-state index contributed by atoms with van der Waals surface area (Å²) in [6.07, 6.45) is 6.24. The lowest BCUT2D eigenvalue weighted by molar-refractivity contribution is -0.141. The fourth-order valence-electron chi connectivity index (χ4n) is 4.59. The van der Waals surface area contributed by atoms with E-state index >= 15 is 0 Å². The lowest BCUT2D eigenvalue weighted by atomic mass is 9.98. The van der Waals surface area contributed by atoms with Crippen molar-refractivity contribution in [2.75, 3.05) is 49.9 Å². The van der Waals surface area contributed by atoms with E-state index < -0.39 is 5.97 Å². The lowest BCUT2D eigenvalue weighted by Crippen LogP contribution is -2.59. The van der Waals surface area contributed by atoms with Crippen molar-refractivity contribution >= 4 is 23.4 Å². The smallest absolute Gasteiger partial charge is 0.317 e. The van der Waals surface area contributed by atoms with E-state index in [0.29, 0.717) is 12.5 Å². The summed E-state index contributed by atoms with van der Waals surface area (Å²) in [6, 6.07) is 12.2. The minimum atomic E-state index is -0.780. The van der Waals surface area contributed by atoms with Crippen LogP contribution < -0.4 is 16.4 Å². The molecule has 3 heterocycles. The topological polar surface area (TPSA) is 133 Å². The number of benzene rings is 1. The van der Waals surface area contributed by atoms with Crippen LogP contribution in [0.15, 0.2) is 55.0 Å². The highest BCUT2D eigenvalue weighted by atomic mass is 16.4. The maximum absolute atomic E-state index is 11.2. The summed E-state index contributed by atoms with van der Waals surface area (Å²) in [5.74, 6) is 0.550. The van der Waals surface area contributed by atoms with E-state index in [1.807, 2.05) is 29.2 Å². The number of pyridine rings is 1. The van der Waals surface area contributed by atoms with Crippen molar-refractivity contribution in [1.82, 2.24) is 24.8 Å². The molecule has 10 heteroatoms. The Kier molecular flexibility index (Phi) is 8.65. The van der Waals surface area contributed by atoms with E-state index in [4.69, 9.17) is 5.73 Å². The summed E-state index contributed by atoms with van der Waals surface area (Å²) in [6.45, 7) is 8.85. The average molecular weight is 505 g/mol. The van der Waals surface area contributed by atoms with Crippen LogP contribution in [0.2, 0.25) is 0 Å². The van der Waals surface area contributed by atoms with Gasteiger partial charge in [-0.25, -0.2) is 15.0 Å². The molecule has 37 heavy (non-hydrogen) atoms. The third kappa shape index (κ3) is 7.45. The van der Waals surface area contributed by atoms with Crippen LogP contribution in [0.3, 0.4) is 0 Å². The molecule has 0 amide bonds. The predicted molar refractivity (Wildman–Crippen MR) is 146 cm³/mol. The van der Waals surface area contributed by atoms with E-state index in [0.717, 1.165) is 61.8 Å². The number of piperazine rings is 1. The van der Waals surface area contributed by atoms with E-state index in [1.54, 1.807) is 18.6 Å². The number of rotatable bonds is 11. The first-order chi connectivity index (χ1) is 17.8. The third-order valence-electron chi connectivity index (χ3n) is 6.49. The largest absolute Gasteiger partial charge is 0.480 e. The van der Waals surface area contributed by atoms with Gasteiger partial charge in [0.05, 0.1) is 6.54 Å². The van der Waals surface area contributed by atoms with Gasteiger partial charge in [-0.15, -0.1) is 0 Å². The molecule has 0 radical (unpaired) electrons. The minimum Gasteiger partial charge on any atom is -0.480 e. The van der Waals surface area contributed by atoms with Crippen LogP contribution in [-0.2, 0) is 11.3 Å². The molecule has 0 spiro atoms. The van der Waals surface area contributed by atoms with Crippen LogP contribution in [0, 0.1) is 0 Å². The number of hydrogen-bond donors (Lipinski definition) is 4. The SMILES string of the molecule is CC1(C)CN(Cc2cccc(Nc3cc(-c4cnc(NCCCN)nc4)ccn3)c2)CCN1CC(=O)O. The van der Waals surface area contributed by atoms with Gasteiger partial charge in [-0.2, -0.15) is 0 Å². The Morgan fingerprint density at radius 2 is 1.92 bits per heavy atom. The molecular formula is C27H36N8O2. The molecule has 3 aromatic rings. The average Bonchev–Trinajstić information content (AvgIpc) is 2.86. The zero-order chi connectivity index (χ0) is 26.3. The second-order valence-electron chi connectivity index (χ2n) is 9.96. The fourth-order valence-corrected chi connectivity index (χ4v) is 4.59. The summed E-state index contributed by atoms with van der Waals surface area (Å²) in [5, 5.41) is 15.8. The molecule has 1 fully saturated rings. The van der Waals surface area contributed by atoms with Crippen molar-refractivity contribution in [1.29, 1.82) is 0 Å². The van der Waals surface area contributed by atoms with Crippen LogP contribution in [0.5, 0.6) is 0 Å². The maximum Gasteiger partial charge on any atom is 0.317 e. The molecule has 1 saturated heterocycles. The molecular weight excluding hydrogens is 468 g/mol. The van der Waals surface area contributed by atoms with E-state index in [-0.39, 0.29) is 12.1 Å². The molecule has 0 saturated carbocycles. The van der Waals surface area contributed by atoms with Crippen LogP contribution in [0.1, 0.15) is 25.8 Å². The molecule has 0 atom stereocenters. The molecule has 1 aliphatic heterocycles. The van der Waals surface area contributed by atoms with Gasteiger partial charge < -0.3 is 21.5 Å². The normalized spacial score (nSPS) is 15.9. The second-order valence-corrected chi connectivity index (χ2v) is 9.96. The lowest BCUT2D eigenvalue weighted by Gasteiger charge is -2.46. The fraction of sp³-hybridized carbons (Fsp3) is 0.407. The number of aromatic nitrogens is 3. The van der Waals surface area contributed by atoms with Gasteiger partial charge in [0, 0.05) is 68.1 Å². The zero-order valence-electron chi connectivity index (χ0n) is 21.5. The number of carbonyl (C=O) groups is 1. The Balaban J connectivity index is 1.38. The van der Waals surface area contributed by atoms with Crippen molar-refractivity contribution in [2.45, 2.75) is 32.4 Å². The molecule has 1 aliphatic rings. The predicted octanol–water partition coefficient (Wildman–Crippen LogP) is 3.02. The second kappa shape index (κ2) is 12.1. The number of anilines is 3. The molecule has 0 bridgehead atoms. The summed E-state index contributed by atoms with van der Waals surface area (Å²) < 4.78 is 0. The molecule has 1 aromatic carbocycles. The summed E-state index contributed by atoms with van der Waals surface area (Å²) in [5.41, 5.74) is 9.37. The molecule has 5 N–H and O–H groups in total. The minimum absolute atomic E-state index is 0.0776. The van der Waals surface area contributed by atoms with Gasteiger partial charge in [0.15, 0.2) is 0 Å². The van der Waals surface area contributed by atoms with Crippen LogP contribution in [-0.4, -0.2) is 80.6 Å². The van der Waals surface area contributed by atoms with E-state index in [2.05, 4.69) is 56.5 Å². The number of aliphatic carboxylic acids is 1. The van der Waals surface area contributed by atoms with Gasteiger partial charge in [-0.3, -0.25) is 14.6 Å².